The van der Waals surface area contributed by atoms with E-state index in [0.29, 0.717) is 19.4 Å². The van der Waals surface area contributed by atoms with Crippen molar-refractivity contribution in [3.05, 3.63) is 71.8 Å². The van der Waals surface area contributed by atoms with E-state index in [1.54, 1.807) is 6.92 Å². The molecule has 1 N–H and O–H groups in total. The van der Waals surface area contributed by atoms with E-state index in [1.807, 2.05) is 60.7 Å². The highest BCUT2D eigenvalue weighted by Crippen LogP contribution is 2.47. The Labute approximate surface area is 153 Å². The lowest BCUT2D eigenvalue weighted by molar-refractivity contribution is -0.156. The first-order valence-electron chi connectivity index (χ1n) is 9.11. The first-order valence-corrected chi connectivity index (χ1v) is 9.11. The van der Waals surface area contributed by atoms with E-state index in [4.69, 9.17) is 14.2 Å². The lowest BCUT2D eigenvalue weighted by Gasteiger charge is -2.30. The number of fused-ring (bicyclic) bond motifs is 1. The standard InChI is InChI=1S/C21H23NO4/c1-2-24-20(23)22-17-13-18-19(14-17)26-21(25-18,15-9-5-3-6-10-15)16-11-7-4-8-12-16/h3-12,17-19H,2,13-14H2,1H3,(H,22,23)/t17?,18-,19+. The number of benzene rings is 2. The fourth-order valence-electron chi connectivity index (χ4n) is 3.87. The number of rotatable bonds is 4. The van der Waals surface area contributed by atoms with Crippen LogP contribution in [0, 0.1) is 0 Å². The maximum absolute atomic E-state index is 11.7. The van der Waals surface area contributed by atoms with Gasteiger partial charge in [0.15, 0.2) is 0 Å². The largest absolute Gasteiger partial charge is 0.450 e. The van der Waals surface area contributed by atoms with Crippen LogP contribution in [0.3, 0.4) is 0 Å². The second kappa shape index (κ2) is 7.09. The molecule has 2 aliphatic rings. The topological polar surface area (TPSA) is 56.8 Å². The second-order valence-corrected chi connectivity index (χ2v) is 6.69. The molecule has 0 aromatic heterocycles. The number of ether oxygens (including phenoxy) is 3. The molecule has 2 fully saturated rings. The maximum atomic E-state index is 11.7. The van der Waals surface area contributed by atoms with Gasteiger partial charge in [0.25, 0.3) is 0 Å². The van der Waals surface area contributed by atoms with E-state index in [-0.39, 0.29) is 24.3 Å². The molecule has 1 saturated heterocycles. The maximum Gasteiger partial charge on any atom is 0.407 e. The average molecular weight is 353 g/mol. The number of hydrogen-bond acceptors (Lipinski definition) is 4. The summed E-state index contributed by atoms with van der Waals surface area (Å²) in [5, 5.41) is 2.89. The lowest BCUT2D eigenvalue weighted by atomic mass is 9.97. The van der Waals surface area contributed by atoms with E-state index in [9.17, 15) is 4.79 Å². The predicted octanol–water partition coefficient (Wildman–Crippen LogP) is 3.58. The molecule has 4 rings (SSSR count). The van der Waals surface area contributed by atoms with Crippen molar-refractivity contribution >= 4 is 6.09 Å². The van der Waals surface area contributed by atoms with Gasteiger partial charge in [-0.3, -0.25) is 0 Å². The minimum absolute atomic E-state index is 0.00796. The molecular weight excluding hydrogens is 330 g/mol. The number of carbonyl (C=O) groups is 1. The van der Waals surface area contributed by atoms with Crippen molar-refractivity contribution in [2.24, 2.45) is 0 Å². The quantitative estimate of drug-likeness (QED) is 0.913. The third-order valence-corrected chi connectivity index (χ3v) is 4.99. The van der Waals surface area contributed by atoms with Crippen molar-refractivity contribution in [2.45, 2.75) is 43.8 Å². The van der Waals surface area contributed by atoms with Crippen molar-refractivity contribution in [1.82, 2.24) is 5.32 Å². The molecule has 1 heterocycles. The highest BCUT2D eigenvalue weighted by molar-refractivity contribution is 5.67. The van der Waals surface area contributed by atoms with Gasteiger partial charge in [-0.05, 0) is 19.8 Å². The summed E-state index contributed by atoms with van der Waals surface area (Å²) in [7, 11) is 0. The number of alkyl carbamates (subject to hydrolysis) is 1. The molecule has 3 atom stereocenters. The summed E-state index contributed by atoms with van der Waals surface area (Å²) in [6.45, 7) is 2.16. The summed E-state index contributed by atoms with van der Waals surface area (Å²) in [6.07, 6.45) is 0.912. The normalized spacial score (nSPS) is 26.3. The summed E-state index contributed by atoms with van der Waals surface area (Å²) in [5.41, 5.74) is 1.96. The number of hydrogen-bond donors (Lipinski definition) is 1. The Bertz CT molecular complexity index is 694. The monoisotopic (exact) mass is 353 g/mol. The van der Waals surface area contributed by atoms with Crippen LogP contribution in [0.5, 0.6) is 0 Å². The van der Waals surface area contributed by atoms with Crippen LogP contribution < -0.4 is 5.32 Å². The third kappa shape index (κ3) is 3.08. The first-order chi connectivity index (χ1) is 12.7. The Hall–Kier alpha value is -2.37. The molecule has 136 valence electrons. The van der Waals surface area contributed by atoms with Crippen molar-refractivity contribution in [2.75, 3.05) is 6.61 Å². The van der Waals surface area contributed by atoms with E-state index in [1.165, 1.54) is 0 Å². The zero-order valence-corrected chi connectivity index (χ0v) is 14.8. The van der Waals surface area contributed by atoms with Crippen LogP contribution in [-0.2, 0) is 20.0 Å². The van der Waals surface area contributed by atoms with Crippen molar-refractivity contribution in [1.29, 1.82) is 0 Å². The Morgan fingerprint density at radius 2 is 1.50 bits per heavy atom. The molecule has 0 bridgehead atoms. The minimum atomic E-state index is -0.896. The van der Waals surface area contributed by atoms with Gasteiger partial charge in [0.1, 0.15) is 0 Å². The van der Waals surface area contributed by atoms with Crippen LogP contribution in [-0.4, -0.2) is 30.9 Å². The molecule has 5 heteroatoms. The molecule has 1 saturated carbocycles. The zero-order chi connectivity index (χ0) is 18.0. The highest BCUT2D eigenvalue weighted by atomic mass is 16.8. The fraction of sp³-hybridized carbons (Fsp3) is 0.381. The molecular formula is C21H23NO4. The summed E-state index contributed by atoms with van der Waals surface area (Å²) in [6, 6.07) is 20.1. The van der Waals surface area contributed by atoms with Crippen LogP contribution in [0.2, 0.25) is 0 Å². The van der Waals surface area contributed by atoms with Crippen LogP contribution >= 0.6 is 0 Å². The lowest BCUT2D eigenvalue weighted by Crippen LogP contribution is -2.36. The number of nitrogens with one attached hydrogen (secondary N) is 1. The van der Waals surface area contributed by atoms with E-state index in [2.05, 4.69) is 5.32 Å². The molecule has 1 unspecified atom stereocenters. The van der Waals surface area contributed by atoms with Gasteiger partial charge in [-0.2, -0.15) is 0 Å². The van der Waals surface area contributed by atoms with Gasteiger partial charge in [0.2, 0.25) is 5.79 Å². The van der Waals surface area contributed by atoms with Crippen LogP contribution in [0.25, 0.3) is 0 Å². The SMILES string of the molecule is CCOC(=O)NC1C[C@@H]2OC(c3ccccc3)(c3ccccc3)O[C@@H]2C1. The van der Waals surface area contributed by atoms with Gasteiger partial charge in [0, 0.05) is 17.2 Å². The molecule has 2 aromatic carbocycles. The van der Waals surface area contributed by atoms with Crippen LogP contribution in [0.4, 0.5) is 4.79 Å². The zero-order valence-electron chi connectivity index (χ0n) is 14.8. The fourth-order valence-corrected chi connectivity index (χ4v) is 3.87. The van der Waals surface area contributed by atoms with Crippen LogP contribution in [0.1, 0.15) is 30.9 Å². The summed E-state index contributed by atoms with van der Waals surface area (Å²) in [5.74, 6) is -0.896. The summed E-state index contributed by atoms with van der Waals surface area (Å²) < 4.78 is 18.0. The van der Waals surface area contributed by atoms with Crippen molar-refractivity contribution < 1.29 is 19.0 Å². The summed E-state index contributed by atoms with van der Waals surface area (Å²) in [4.78, 5) is 11.7. The van der Waals surface area contributed by atoms with Gasteiger partial charge in [-0.15, -0.1) is 0 Å². The number of amides is 1. The van der Waals surface area contributed by atoms with Gasteiger partial charge in [-0.1, -0.05) is 60.7 Å². The Kier molecular flexibility index (Phi) is 4.66. The number of carbonyl (C=O) groups excluding carboxylic acids is 1. The first kappa shape index (κ1) is 17.1. The van der Waals surface area contributed by atoms with Crippen LogP contribution in [0.15, 0.2) is 60.7 Å². The molecule has 26 heavy (non-hydrogen) atoms. The Morgan fingerprint density at radius 3 is 1.96 bits per heavy atom. The Morgan fingerprint density at radius 1 is 1.00 bits per heavy atom. The second-order valence-electron chi connectivity index (χ2n) is 6.69. The summed E-state index contributed by atoms with van der Waals surface area (Å²) >= 11 is 0. The van der Waals surface area contributed by atoms with Crippen molar-refractivity contribution in [3.63, 3.8) is 0 Å². The average Bonchev–Trinajstić information content (AvgIpc) is 3.20. The molecule has 2 aromatic rings. The molecule has 5 nitrogen and oxygen atoms in total. The third-order valence-electron chi connectivity index (χ3n) is 4.99. The van der Waals surface area contributed by atoms with E-state index >= 15 is 0 Å². The minimum Gasteiger partial charge on any atom is -0.450 e. The van der Waals surface area contributed by atoms with Gasteiger partial charge >= 0.3 is 6.09 Å². The van der Waals surface area contributed by atoms with E-state index < -0.39 is 5.79 Å². The van der Waals surface area contributed by atoms with Gasteiger partial charge in [-0.25, -0.2) is 4.79 Å². The molecule has 1 aliphatic heterocycles. The molecule has 1 aliphatic carbocycles. The molecule has 1 amide bonds. The molecule has 0 radical (unpaired) electrons. The van der Waals surface area contributed by atoms with Gasteiger partial charge < -0.3 is 19.5 Å². The van der Waals surface area contributed by atoms with E-state index in [0.717, 1.165) is 11.1 Å². The smallest absolute Gasteiger partial charge is 0.407 e. The predicted molar refractivity (Wildman–Crippen MR) is 96.6 cm³/mol. The Balaban J connectivity index is 1.56. The highest BCUT2D eigenvalue weighted by Gasteiger charge is 2.54. The molecule has 0 spiro atoms. The van der Waals surface area contributed by atoms with Gasteiger partial charge in [0.05, 0.1) is 18.8 Å². The van der Waals surface area contributed by atoms with Crippen molar-refractivity contribution in [3.8, 4) is 0 Å².